The first-order valence-electron chi connectivity index (χ1n) is 27.8. The number of likely N-dealkylation sites (tertiary alicyclic amines) is 1. The van der Waals surface area contributed by atoms with E-state index in [2.05, 4.69) is 149 Å². The fraction of sp³-hybridized carbons (Fsp3) is 1.00. The zero-order chi connectivity index (χ0) is 51.5. The first-order valence-corrected chi connectivity index (χ1v) is 27.8. The highest BCUT2D eigenvalue weighted by Gasteiger charge is 2.30. The maximum Gasteiger partial charge on any atom is 0.0596 e. The fourth-order valence-electron chi connectivity index (χ4n) is 8.62. The lowest BCUT2D eigenvalue weighted by molar-refractivity contribution is 0.00925. The van der Waals surface area contributed by atoms with E-state index in [1.54, 1.807) is 7.11 Å². The summed E-state index contributed by atoms with van der Waals surface area (Å²) >= 11 is 0. The van der Waals surface area contributed by atoms with Crippen LogP contribution in [0.3, 0.4) is 0 Å². The van der Waals surface area contributed by atoms with Gasteiger partial charge in [-0.05, 0) is 150 Å². The lowest BCUT2D eigenvalue weighted by Gasteiger charge is -2.45. The summed E-state index contributed by atoms with van der Waals surface area (Å²) in [6.45, 7) is 58.4. The van der Waals surface area contributed by atoms with Crippen molar-refractivity contribution in [2.75, 3.05) is 205 Å². The van der Waals surface area contributed by atoms with Gasteiger partial charge in [0.15, 0.2) is 0 Å². The Balaban J connectivity index is 0.000000433. The maximum absolute atomic E-state index is 5.58. The van der Waals surface area contributed by atoms with E-state index >= 15 is 0 Å². The van der Waals surface area contributed by atoms with E-state index < -0.39 is 0 Å². The number of hydrogen-bond donors (Lipinski definition) is 1. The third kappa shape index (κ3) is 37.7. The number of methoxy groups -OCH3 is 1. The Morgan fingerprint density at radius 2 is 0.797 bits per heavy atom. The second-order valence-electron chi connectivity index (χ2n) is 22.0. The van der Waals surface area contributed by atoms with Gasteiger partial charge in [-0.3, -0.25) is 29.4 Å². The Labute approximate surface area is 427 Å². The van der Waals surface area contributed by atoms with Crippen LogP contribution < -0.4 is 5.32 Å². The van der Waals surface area contributed by atoms with Gasteiger partial charge in [0.05, 0.1) is 70.2 Å². The first kappa shape index (κ1) is 66.4. The summed E-state index contributed by atoms with van der Waals surface area (Å²) < 4.78 is 32.8. The van der Waals surface area contributed by atoms with Crippen molar-refractivity contribution in [1.29, 1.82) is 0 Å². The van der Waals surface area contributed by atoms with Gasteiger partial charge in [0.2, 0.25) is 0 Å². The molecule has 69 heavy (non-hydrogen) atoms. The monoisotopic (exact) mass is 988 g/mol. The number of nitrogens with one attached hydrogen (secondary N) is 1. The van der Waals surface area contributed by atoms with Crippen LogP contribution in [0.5, 0.6) is 0 Å². The second-order valence-corrected chi connectivity index (χ2v) is 22.0. The Morgan fingerprint density at radius 1 is 0.435 bits per heavy atom. The van der Waals surface area contributed by atoms with Gasteiger partial charge in [-0.1, -0.05) is 0 Å². The Morgan fingerprint density at radius 3 is 1.22 bits per heavy atom. The van der Waals surface area contributed by atoms with Gasteiger partial charge in [0.1, 0.15) is 0 Å². The molecule has 0 radical (unpaired) electrons. The van der Waals surface area contributed by atoms with Crippen LogP contribution in [-0.4, -0.2) is 286 Å². The van der Waals surface area contributed by atoms with E-state index in [1.807, 2.05) is 0 Å². The molecule has 1 atom stereocenters. The summed E-state index contributed by atoms with van der Waals surface area (Å²) in [5, 5.41) is 3.43. The van der Waals surface area contributed by atoms with Crippen molar-refractivity contribution in [2.24, 2.45) is 0 Å². The van der Waals surface area contributed by atoms with Gasteiger partial charge >= 0.3 is 0 Å². The van der Waals surface area contributed by atoms with Crippen molar-refractivity contribution in [3.63, 3.8) is 0 Å². The SMILES string of the molecule is CC(C)OCCN1CCCC1.CC(C)OCCN1CCCN(C)CC1.CC(C)OCCN1CCN(C)C(C)(C)C1.CC1CN(CCOC(C)C)CCN1.COCCN1CCN(CCOC(C)C)CC1. The average Bonchev–Trinajstić information content (AvgIpc) is 3.71. The van der Waals surface area contributed by atoms with Crippen molar-refractivity contribution >= 4 is 0 Å². The van der Waals surface area contributed by atoms with E-state index in [1.165, 1.54) is 65.1 Å². The normalized spacial score (nSPS) is 22.0. The van der Waals surface area contributed by atoms with Gasteiger partial charge in [0.25, 0.3) is 0 Å². The Kier molecular flexibility index (Phi) is 39.2. The number of nitrogens with zero attached hydrogens (tertiary/aromatic N) is 8. The van der Waals surface area contributed by atoms with Crippen molar-refractivity contribution in [3.8, 4) is 0 Å². The molecule has 5 fully saturated rings. The molecule has 0 aromatic carbocycles. The molecular weight excluding hydrogens is 871 g/mol. The molecule has 5 aliphatic rings. The number of ether oxygens (including phenoxy) is 6. The highest BCUT2D eigenvalue weighted by atomic mass is 16.5. The predicted octanol–water partition coefficient (Wildman–Crippen LogP) is 5.37. The quantitative estimate of drug-likeness (QED) is 0.142. The molecule has 1 N–H and O–H groups in total. The van der Waals surface area contributed by atoms with Crippen molar-refractivity contribution < 1.29 is 28.4 Å². The zero-order valence-electron chi connectivity index (χ0n) is 48.4. The van der Waals surface area contributed by atoms with Crippen molar-refractivity contribution in [2.45, 2.75) is 151 Å². The molecule has 0 amide bonds. The summed E-state index contributed by atoms with van der Waals surface area (Å²) in [4.78, 5) is 19.7. The molecule has 5 rings (SSSR count). The first-order chi connectivity index (χ1) is 32.8. The number of hydrogen-bond acceptors (Lipinski definition) is 15. The summed E-state index contributed by atoms with van der Waals surface area (Å²) in [7, 11) is 6.18. The van der Waals surface area contributed by atoms with E-state index in [-0.39, 0.29) is 0 Å². The van der Waals surface area contributed by atoms with Crippen LogP contribution >= 0.6 is 0 Å². The maximum atomic E-state index is 5.58. The second kappa shape index (κ2) is 40.7. The minimum Gasteiger partial charge on any atom is -0.383 e. The zero-order valence-corrected chi connectivity index (χ0v) is 48.4. The summed E-state index contributed by atoms with van der Waals surface area (Å²) in [6, 6.07) is 0.632. The number of rotatable bonds is 23. The summed E-state index contributed by atoms with van der Waals surface area (Å²) in [6.07, 6.45) is 5.86. The topological polar surface area (TPSA) is 93.3 Å². The molecule has 1 unspecified atom stereocenters. The summed E-state index contributed by atoms with van der Waals surface area (Å²) in [5.74, 6) is 0. The smallest absolute Gasteiger partial charge is 0.0596 e. The van der Waals surface area contributed by atoms with Gasteiger partial charge in [-0.25, -0.2) is 0 Å². The van der Waals surface area contributed by atoms with E-state index in [9.17, 15) is 0 Å². The molecule has 0 spiro atoms. The Bertz CT molecular complexity index is 1140. The summed E-state index contributed by atoms with van der Waals surface area (Å²) in [5.41, 5.74) is 0.302. The van der Waals surface area contributed by atoms with Crippen LogP contribution in [0.25, 0.3) is 0 Å². The Hall–Kier alpha value is -0.600. The van der Waals surface area contributed by atoms with Crippen LogP contribution in [0, 0.1) is 0 Å². The third-order valence-electron chi connectivity index (χ3n) is 13.2. The van der Waals surface area contributed by atoms with Crippen molar-refractivity contribution in [1.82, 2.24) is 44.5 Å². The van der Waals surface area contributed by atoms with Gasteiger partial charge in [0, 0.05) is 136 Å². The standard InChI is InChI=1S/C12H26N2O2.C12H26N2O.C11H24N2O.C10H22N2O.C9H19NO/c1-12(2)16-11-9-14-6-4-13(5-7-14)8-10-15-3;1-11(2)15-9-8-14-7-6-13(5)12(3,4)10-14;1-11(2)14-10-9-13-6-4-5-12(3)7-8-13;1-9(2)13-7-6-12-5-4-11-10(3)8-12;1-9(2)11-8-7-10-5-3-4-6-10/h12H,4-11H2,1-3H3;11H,6-10H2,1-5H3;11H,4-10H2,1-3H3;9-11H,4-8H2,1-3H3;9H,3-8H2,1-2H3. The molecular formula is C54H117N9O6. The van der Waals surface area contributed by atoms with E-state index in [4.69, 9.17) is 28.4 Å². The lowest BCUT2D eigenvalue weighted by Crippen LogP contribution is -2.58. The predicted molar refractivity (Wildman–Crippen MR) is 291 cm³/mol. The molecule has 0 saturated carbocycles. The van der Waals surface area contributed by atoms with E-state index in [0.29, 0.717) is 42.1 Å². The molecule has 5 saturated heterocycles. The molecule has 414 valence electrons. The molecule has 0 aromatic heterocycles. The van der Waals surface area contributed by atoms with Crippen LogP contribution in [0.1, 0.15) is 109 Å². The molecule has 15 heteroatoms. The van der Waals surface area contributed by atoms with Crippen LogP contribution in [0.4, 0.5) is 0 Å². The van der Waals surface area contributed by atoms with Crippen molar-refractivity contribution in [3.05, 3.63) is 0 Å². The minimum absolute atomic E-state index is 0.302. The van der Waals surface area contributed by atoms with Crippen LogP contribution in [0.2, 0.25) is 0 Å². The van der Waals surface area contributed by atoms with Gasteiger partial charge in [-0.2, -0.15) is 0 Å². The average molecular weight is 989 g/mol. The van der Waals surface area contributed by atoms with Crippen LogP contribution in [0.15, 0.2) is 0 Å². The molecule has 0 bridgehead atoms. The minimum atomic E-state index is 0.302. The highest BCUT2D eigenvalue weighted by Crippen LogP contribution is 2.18. The number of likely N-dealkylation sites (N-methyl/N-ethyl adjacent to an activating group) is 2. The molecule has 0 aliphatic carbocycles. The molecule has 0 aromatic rings. The highest BCUT2D eigenvalue weighted by molar-refractivity contribution is 4.88. The fourth-order valence-corrected chi connectivity index (χ4v) is 8.62. The number of piperazine rings is 3. The third-order valence-corrected chi connectivity index (χ3v) is 13.2. The molecule has 5 heterocycles. The molecule has 5 aliphatic heterocycles. The van der Waals surface area contributed by atoms with E-state index in [0.717, 1.165) is 138 Å². The lowest BCUT2D eigenvalue weighted by atomic mass is 10.00. The largest absolute Gasteiger partial charge is 0.383 e. The van der Waals surface area contributed by atoms with Gasteiger partial charge in [-0.15, -0.1) is 0 Å². The van der Waals surface area contributed by atoms with Gasteiger partial charge < -0.3 is 43.5 Å². The molecule has 15 nitrogen and oxygen atoms in total. The van der Waals surface area contributed by atoms with Crippen LogP contribution in [-0.2, 0) is 28.4 Å².